The smallest absolute Gasteiger partial charge is 0.416 e. The Labute approximate surface area is 270 Å². The van der Waals surface area contributed by atoms with Gasteiger partial charge in [0.2, 0.25) is 11.8 Å². The van der Waals surface area contributed by atoms with E-state index >= 15 is 0 Å². The maximum Gasteiger partial charge on any atom is 0.416 e. The summed E-state index contributed by atoms with van der Waals surface area (Å²) in [5.41, 5.74) is 1.79. The van der Waals surface area contributed by atoms with Gasteiger partial charge in [-0.15, -0.1) is 0 Å². The average Bonchev–Trinajstić information content (AvgIpc) is 3.30. The van der Waals surface area contributed by atoms with Crippen LogP contribution < -0.4 is 9.64 Å². The number of pyridine rings is 1. The van der Waals surface area contributed by atoms with E-state index < -0.39 is 47.9 Å². The summed E-state index contributed by atoms with van der Waals surface area (Å²) in [4.78, 5) is 41.1. The number of anilines is 1. The van der Waals surface area contributed by atoms with Crippen LogP contribution in [0.15, 0.2) is 54.9 Å². The highest BCUT2D eigenvalue weighted by atomic mass is 19.4. The van der Waals surface area contributed by atoms with Gasteiger partial charge < -0.3 is 19.5 Å². The molecule has 0 spiro atoms. The first-order chi connectivity index (χ1) is 22.7. The molecule has 0 saturated carbocycles. The number of benzene rings is 2. The molecular formula is C33H28F5N5O5. The third-order valence-electron chi connectivity index (χ3n) is 8.38. The molecule has 48 heavy (non-hydrogen) atoms. The normalized spacial score (nSPS) is 18.1. The van der Waals surface area contributed by atoms with Gasteiger partial charge in [0.15, 0.2) is 0 Å². The molecule has 10 nitrogen and oxygen atoms in total. The minimum Gasteiger partial charge on any atom is -0.481 e. The van der Waals surface area contributed by atoms with E-state index in [0.29, 0.717) is 33.9 Å². The molecular weight excluding hydrogens is 641 g/mol. The molecule has 2 fully saturated rings. The second kappa shape index (κ2) is 12.4. The average molecular weight is 670 g/mol. The van der Waals surface area contributed by atoms with E-state index in [1.165, 1.54) is 30.3 Å². The number of carbonyl (C=O) groups is 2. The number of aryl methyl sites for hydroxylation is 1. The lowest BCUT2D eigenvalue weighted by molar-refractivity contribution is -0.137. The number of alkyl halides is 4. The van der Waals surface area contributed by atoms with Gasteiger partial charge in [-0.2, -0.15) is 13.2 Å². The fraction of sp³-hybridized carbons (Fsp3) is 0.303. The van der Waals surface area contributed by atoms with Gasteiger partial charge in [-0.25, -0.2) is 33.3 Å². The zero-order valence-electron chi connectivity index (χ0n) is 25.8. The molecule has 0 aliphatic carbocycles. The Morgan fingerprint density at radius 3 is 2.46 bits per heavy atom. The van der Waals surface area contributed by atoms with Gasteiger partial charge in [0, 0.05) is 29.1 Å². The number of cyclic esters (lactones) is 1. The van der Waals surface area contributed by atoms with Gasteiger partial charge in [-0.05, 0) is 66.9 Å². The zero-order chi connectivity index (χ0) is 34.5. The highest BCUT2D eigenvalue weighted by molar-refractivity contribution is 5.89. The lowest BCUT2D eigenvalue weighted by Gasteiger charge is -2.34. The van der Waals surface area contributed by atoms with Crippen LogP contribution in [0, 0.1) is 12.7 Å². The van der Waals surface area contributed by atoms with Crippen molar-refractivity contribution in [2.24, 2.45) is 0 Å². The predicted octanol–water partition coefficient (Wildman–Crippen LogP) is 6.62. The van der Waals surface area contributed by atoms with Gasteiger partial charge >= 0.3 is 18.2 Å². The summed E-state index contributed by atoms with van der Waals surface area (Å²) >= 11 is 0. The molecule has 2 aliphatic heterocycles. The molecule has 0 bridgehead atoms. The molecule has 1 amide bonds. The number of nitrogens with zero attached hydrogens (tertiary/aromatic N) is 5. The topological polar surface area (TPSA) is 118 Å². The van der Waals surface area contributed by atoms with Crippen molar-refractivity contribution in [1.29, 1.82) is 0 Å². The third kappa shape index (κ3) is 6.19. The van der Waals surface area contributed by atoms with Crippen molar-refractivity contribution in [1.82, 2.24) is 19.9 Å². The summed E-state index contributed by atoms with van der Waals surface area (Å²) in [5, 5.41) is 9.39. The number of carbonyl (C=O) groups excluding carboxylic acids is 1. The van der Waals surface area contributed by atoms with Crippen LogP contribution in [0.1, 0.15) is 45.8 Å². The Morgan fingerprint density at radius 2 is 1.81 bits per heavy atom. The zero-order valence-corrected chi connectivity index (χ0v) is 25.8. The Hall–Kier alpha value is -5.34. The molecule has 2 aromatic heterocycles. The van der Waals surface area contributed by atoms with Crippen LogP contribution in [-0.2, 0) is 17.5 Å². The number of amides is 1. The molecule has 0 unspecified atom stereocenters. The number of carboxylic acid groups (broad SMARTS) is 1. The van der Waals surface area contributed by atoms with Crippen LogP contribution in [0.4, 0.5) is 32.7 Å². The van der Waals surface area contributed by atoms with E-state index in [9.17, 15) is 36.6 Å². The summed E-state index contributed by atoms with van der Waals surface area (Å²) < 4.78 is 79.4. The quantitative estimate of drug-likeness (QED) is 0.207. The minimum atomic E-state index is -4.82. The second-order valence-corrected chi connectivity index (χ2v) is 11.6. The highest BCUT2D eigenvalue weighted by Crippen LogP contribution is 2.40. The van der Waals surface area contributed by atoms with Gasteiger partial charge in [0.1, 0.15) is 18.1 Å². The maximum absolute atomic E-state index is 14.3. The van der Waals surface area contributed by atoms with Crippen LogP contribution in [0.2, 0.25) is 0 Å². The summed E-state index contributed by atoms with van der Waals surface area (Å²) in [6.07, 6.45) is -4.92. The summed E-state index contributed by atoms with van der Waals surface area (Å²) in [5.74, 6) is -1.82. The number of ether oxygens (including phenoxy) is 2. The number of hydrogen-bond donors (Lipinski definition) is 1. The first-order valence-corrected chi connectivity index (χ1v) is 14.7. The van der Waals surface area contributed by atoms with Crippen molar-refractivity contribution < 1.29 is 46.1 Å². The first kappa shape index (κ1) is 32.6. The van der Waals surface area contributed by atoms with Crippen molar-refractivity contribution in [2.45, 2.75) is 44.9 Å². The number of rotatable bonds is 8. The van der Waals surface area contributed by atoms with E-state index in [0.717, 1.165) is 12.1 Å². The maximum atomic E-state index is 14.3. The SMILES string of the molecule is COc1ncc(-c2ccc(C(=O)O)cc2C)cc1-c1cnc(N2CC(F)C2)nc1CN1C(=O)O[C@H](c2cc(F)cc(C(F)(F)F)c2)[C@@H]1C. The summed E-state index contributed by atoms with van der Waals surface area (Å²) in [6.45, 7) is 3.24. The number of carboxylic acids is 1. The number of halogens is 5. The minimum absolute atomic E-state index is 0.0656. The standard InChI is InChI=1S/C33H28F5N5O5/c1-16-6-18(30(44)45)4-5-24(16)20-9-25(29(47-3)39-11-20)26-12-40-31(42-13-23(35)14-42)41-27(26)15-43-17(2)28(48-32(43)46)19-7-21(33(36,37)38)10-22(34)8-19/h4-12,17,23,28H,13-15H2,1-3H3,(H,44,45)/t17-,28-/m0/s1. The Kier molecular flexibility index (Phi) is 8.39. The van der Waals surface area contributed by atoms with Crippen molar-refractivity contribution in [3.63, 3.8) is 0 Å². The van der Waals surface area contributed by atoms with Crippen LogP contribution in [0.5, 0.6) is 5.88 Å². The van der Waals surface area contributed by atoms with E-state index in [4.69, 9.17) is 9.47 Å². The van der Waals surface area contributed by atoms with E-state index in [-0.39, 0.29) is 48.3 Å². The fourth-order valence-electron chi connectivity index (χ4n) is 5.83. The lowest BCUT2D eigenvalue weighted by atomic mass is 9.96. The first-order valence-electron chi connectivity index (χ1n) is 14.7. The molecule has 0 radical (unpaired) electrons. The van der Waals surface area contributed by atoms with Gasteiger partial charge in [-0.1, -0.05) is 6.07 Å². The molecule has 4 heterocycles. The number of aromatic carboxylic acids is 1. The lowest BCUT2D eigenvalue weighted by Crippen LogP contribution is -2.49. The molecule has 2 aromatic carbocycles. The molecule has 2 saturated heterocycles. The van der Waals surface area contributed by atoms with Crippen LogP contribution >= 0.6 is 0 Å². The van der Waals surface area contributed by atoms with Crippen molar-refractivity contribution in [2.75, 3.05) is 25.1 Å². The molecule has 2 atom stereocenters. The van der Waals surface area contributed by atoms with Gasteiger partial charge in [-0.3, -0.25) is 4.90 Å². The van der Waals surface area contributed by atoms with Gasteiger partial charge in [0.05, 0.1) is 49.6 Å². The predicted molar refractivity (Wildman–Crippen MR) is 162 cm³/mol. The summed E-state index contributed by atoms with van der Waals surface area (Å²) in [7, 11) is 1.41. The van der Waals surface area contributed by atoms with Crippen molar-refractivity contribution in [3.8, 4) is 28.1 Å². The molecule has 15 heteroatoms. The van der Waals surface area contributed by atoms with Gasteiger partial charge in [0.25, 0.3) is 0 Å². The van der Waals surface area contributed by atoms with Crippen LogP contribution in [0.3, 0.4) is 0 Å². The van der Waals surface area contributed by atoms with E-state index in [1.54, 1.807) is 37.1 Å². The number of methoxy groups -OCH3 is 1. The molecule has 250 valence electrons. The van der Waals surface area contributed by atoms with Crippen LogP contribution in [0.25, 0.3) is 22.3 Å². The fourth-order valence-corrected chi connectivity index (χ4v) is 5.83. The summed E-state index contributed by atoms with van der Waals surface area (Å²) in [6, 6.07) is 7.56. The third-order valence-corrected chi connectivity index (χ3v) is 8.38. The molecule has 1 N–H and O–H groups in total. The molecule has 6 rings (SSSR count). The van der Waals surface area contributed by atoms with E-state index in [2.05, 4.69) is 15.0 Å². The Morgan fingerprint density at radius 1 is 1.06 bits per heavy atom. The monoisotopic (exact) mass is 669 g/mol. The van der Waals surface area contributed by atoms with Crippen molar-refractivity contribution in [3.05, 3.63) is 88.6 Å². The van der Waals surface area contributed by atoms with Crippen molar-refractivity contribution >= 4 is 18.0 Å². The van der Waals surface area contributed by atoms with E-state index in [1.807, 2.05) is 0 Å². The largest absolute Gasteiger partial charge is 0.481 e. The number of aromatic nitrogens is 3. The number of hydrogen-bond acceptors (Lipinski definition) is 8. The Balaban J connectivity index is 1.40. The Bertz CT molecular complexity index is 1920. The van der Waals surface area contributed by atoms with Crippen LogP contribution in [-0.4, -0.2) is 69.4 Å². The second-order valence-electron chi connectivity index (χ2n) is 11.6. The molecule has 2 aliphatic rings. The highest BCUT2D eigenvalue weighted by Gasteiger charge is 2.42. The molecule has 4 aromatic rings.